The van der Waals surface area contributed by atoms with Crippen molar-refractivity contribution < 1.29 is 4.79 Å². The van der Waals surface area contributed by atoms with E-state index in [1.165, 1.54) is 25.7 Å². The van der Waals surface area contributed by atoms with Crippen LogP contribution in [0.5, 0.6) is 0 Å². The van der Waals surface area contributed by atoms with E-state index < -0.39 is 0 Å². The van der Waals surface area contributed by atoms with Gasteiger partial charge in [0.2, 0.25) is 5.91 Å². The molecule has 1 aliphatic carbocycles. The first-order valence-corrected chi connectivity index (χ1v) is 6.58. The second-order valence-electron chi connectivity index (χ2n) is 5.50. The first kappa shape index (κ1) is 13.5. The lowest BCUT2D eigenvalue weighted by Gasteiger charge is -2.25. The standard InChI is InChI=1S/C13H26N2O/c1-9(2)12(14)13(16)15-11-8-6-4-5-7-10(11)3/h9-12H,4-8,14H2,1-3H3,(H,15,16)/t10?,11?,12-/m0/s1. The number of hydrogen-bond donors (Lipinski definition) is 2. The molecule has 0 aromatic rings. The first-order valence-electron chi connectivity index (χ1n) is 6.58. The van der Waals surface area contributed by atoms with E-state index in [1.54, 1.807) is 0 Å². The van der Waals surface area contributed by atoms with Crippen molar-refractivity contribution in [3.8, 4) is 0 Å². The summed E-state index contributed by atoms with van der Waals surface area (Å²) in [6, 6.07) is -0.0322. The molecular formula is C13H26N2O. The number of hydrogen-bond acceptors (Lipinski definition) is 2. The monoisotopic (exact) mass is 226 g/mol. The lowest BCUT2D eigenvalue weighted by atomic mass is 9.96. The Hall–Kier alpha value is -0.570. The Kier molecular flexibility index (Phi) is 5.26. The van der Waals surface area contributed by atoms with E-state index in [4.69, 9.17) is 5.73 Å². The van der Waals surface area contributed by atoms with Crippen LogP contribution in [-0.4, -0.2) is 18.0 Å². The topological polar surface area (TPSA) is 55.1 Å². The molecule has 94 valence electrons. The van der Waals surface area contributed by atoms with Crippen LogP contribution in [0.15, 0.2) is 0 Å². The zero-order valence-electron chi connectivity index (χ0n) is 10.8. The summed E-state index contributed by atoms with van der Waals surface area (Å²) in [5.41, 5.74) is 5.85. The maximum absolute atomic E-state index is 11.9. The SMILES string of the molecule is CC1CCCCCC1NC(=O)[C@@H](N)C(C)C. The summed E-state index contributed by atoms with van der Waals surface area (Å²) in [6.07, 6.45) is 6.16. The molecule has 0 aliphatic heterocycles. The minimum absolute atomic E-state index is 0.0220. The highest BCUT2D eigenvalue weighted by atomic mass is 16.2. The lowest BCUT2D eigenvalue weighted by Crippen LogP contribution is -2.49. The third-order valence-corrected chi connectivity index (χ3v) is 3.71. The number of carbonyl (C=O) groups excluding carboxylic acids is 1. The maximum Gasteiger partial charge on any atom is 0.237 e. The molecule has 0 bridgehead atoms. The minimum atomic E-state index is -0.365. The Morgan fingerprint density at radius 2 is 1.88 bits per heavy atom. The summed E-state index contributed by atoms with van der Waals surface area (Å²) in [4.78, 5) is 11.9. The molecule has 16 heavy (non-hydrogen) atoms. The van der Waals surface area contributed by atoms with Crippen LogP contribution in [0.3, 0.4) is 0 Å². The fourth-order valence-electron chi connectivity index (χ4n) is 2.29. The highest BCUT2D eigenvalue weighted by Gasteiger charge is 2.24. The molecule has 3 heteroatoms. The first-order chi connectivity index (χ1) is 7.52. The van der Waals surface area contributed by atoms with Crippen LogP contribution < -0.4 is 11.1 Å². The van der Waals surface area contributed by atoms with Gasteiger partial charge < -0.3 is 11.1 Å². The molecular weight excluding hydrogens is 200 g/mol. The van der Waals surface area contributed by atoms with E-state index in [9.17, 15) is 4.79 Å². The van der Waals surface area contributed by atoms with Gasteiger partial charge in [0.15, 0.2) is 0 Å². The Morgan fingerprint density at radius 3 is 2.50 bits per heavy atom. The van der Waals surface area contributed by atoms with Gasteiger partial charge in [-0.2, -0.15) is 0 Å². The third kappa shape index (κ3) is 3.78. The van der Waals surface area contributed by atoms with E-state index in [0.29, 0.717) is 12.0 Å². The predicted octanol–water partition coefficient (Wildman–Crippen LogP) is 2.05. The Bertz CT molecular complexity index is 228. The predicted molar refractivity (Wildman–Crippen MR) is 67.0 cm³/mol. The molecule has 0 saturated heterocycles. The molecule has 1 saturated carbocycles. The fraction of sp³-hybridized carbons (Fsp3) is 0.923. The number of nitrogens with one attached hydrogen (secondary N) is 1. The highest BCUT2D eigenvalue weighted by molar-refractivity contribution is 5.82. The number of rotatable bonds is 3. The Balaban J connectivity index is 2.48. The van der Waals surface area contributed by atoms with Crippen LogP contribution in [0.2, 0.25) is 0 Å². The van der Waals surface area contributed by atoms with Gasteiger partial charge in [-0.05, 0) is 24.7 Å². The van der Waals surface area contributed by atoms with Gasteiger partial charge in [-0.25, -0.2) is 0 Å². The Labute approximate surface area is 99.2 Å². The van der Waals surface area contributed by atoms with Gasteiger partial charge in [0.25, 0.3) is 0 Å². The van der Waals surface area contributed by atoms with Crippen molar-refractivity contribution >= 4 is 5.91 Å². The number of carbonyl (C=O) groups is 1. The molecule has 1 aliphatic rings. The van der Waals surface area contributed by atoms with Gasteiger partial charge >= 0.3 is 0 Å². The minimum Gasteiger partial charge on any atom is -0.352 e. The molecule has 3 N–H and O–H groups in total. The summed E-state index contributed by atoms with van der Waals surface area (Å²) in [7, 11) is 0. The lowest BCUT2D eigenvalue weighted by molar-refractivity contribution is -0.124. The van der Waals surface area contributed by atoms with Crippen molar-refractivity contribution in [1.29, 1.82) is 0 Å². The molecule has 3 atom stereocenters. The maximum atomic E-state index is 11.9. The van der Waals surface area contributed by atoms with Crippen molar-refractivity contribution in [2.45, 2.75) is 65.0 Å². The van der Waals surface area contributed by atoms with Crippen molar-refractivity contribution in [2.75, 3.05) is 0 Å². The van der Waals surface area contributed by atoms with Gasteiger partial charge in [-0.15, -0.1) is 0 Å². The van der Waals surface area contributed by atoms with Crippen molar-refractivity contribution in [1.82, 2.24) is 5.32 Å². The van der Waals surface area contributed by atoms with Crippen LogP contribution in [0, 0.1) is 11.8 Å². The smallest absolute Gasteiger partial charge is 0.237 e. The van der Waals surface area contributed by atoms with E-state index in [2.05, 4.69) is 12.2 Å². The number of amides is 1. The van der Waals surface area contributed by atoms with Gasteiger partial charge in [0.1, 0.15) is 0 Å². The van der Waals surface area contributed by atoms with E-state index >= 15 is 0 Å². The zero-order valence-corrected chi connectivity index (χ0v) is 10.8. The summed E-state index contributed by atoms with van der Waals surface area (Å²) in [5, 5.41) is 3.13. The molecule has 3 nitrogen and oxygen atoms in total. The average Bonchev–Trinajstić information content (AvgIpc) is 2.43. The van der Waals surface area contributed by atoms with Crippen LogP contribution in [0.1, 0.15) is 52.9 Å². The van der Waals surface area contributed by atoms with Gasteiger partial charge in [0.05, 0.1) is 6.04 Å². The largest absolute Gasteiger partial charge is 0.352 e. The number of nitrogens with two attached hydrogens (primary N) is 1. The molecule has 0 heterocycles. The second kappa shape index (κ2) is 6.24. The molecule has 2 unspecified atom stereocenters. The average molecular weight is 226 g/mol. The van der Waals surface area contributed by atoms with Gasteiger partial charge in [-0.1, -0.05) is 40.0 Å². The molecule has 0 aromatic carbocycles. The highest BCUT2D eigenvalue weighted by Crippen LogP contribution is 2.23. The molecule has 1 amide bonds. The summed E-state index contributed by atoms with van der Waals surface area (Å²) in [6.45, 7) is 6.21. The fourth-order valence-corrected chi connectivity index (χ4v) is 2.29. The van der Waals surface area contributed by atoms with Gasteiger partial charge in [-0.3, -0.25) is 4.79 Å². The normalized spacial score (nSPS) is 28.6. The van der Waals surface area contributed by atoms with Crippen molar-refractivity contribution in [3.05, 3.63) is 0 Å². The van der Waals surface area contributed by atoms with Crippen LogP contribution >= 0.6 is 0 Å². The Morgan fingerprint density at radius 1 is 1.25 bits per heavy atom. The third-order valence-electron chi connectivity index (χ3n) is 3.71. The van der Waals surface area contributed by atoms with E-state index in [1.807, 2.05) is 13.8 Å². The molecule has 0 aromatic heterocycles. The zero-order chi connectivity index (χ0) is 12.1. The van der Waals surface area contributed by atoms with E-state index in [0.717, 1.165) is 6.42 Å². The second-order valence-corrected chi connectivity index (χ2v) is 5.50. The summed E-state index contributed by atoms with van der Waals surface area (Å²) < 4.78 is 0. The van der Waals surface area contributed by atoms with Crippen LogP contribution in [0.4, 0.5) is 0 Å². The molecule has 0 radical (unpaired) electrons. The van der Waals surface area contributed by atoms with Gasteiger partial charge in [0, 0.05) is 6.04 Å². The summed E-state index contributed by atoms with van der Waals surface area (Å²) >= 11 is 0. The molecule has 1 fully saturated rings. The molecule has 1 rings (SSSR count). The summed E-state index contributed by atoms with van der Waals surface area (Å²) in [5.74, 6) is 0.820. The molecule has 0 spiro atoms. The van der Waals surface area contributed by atoms with Crippen LogP contribution in [-0.2, 0) is 4.79 Å². The van der Waals surface area contributed by atoms with Crippen molar-refractivity contribution in [2.24, 2.45) is 17.6 Å². The quantitative estimate of drug-likeness (QED) is 0.724. The van der Waals surface area contributed by atoms with Crippen molar-refractivity contribution in [3.63, 3.8) is 0 Å². The van der Waals surface area contributed by atoms with Crippen LogP contribution in [0.25, 0.3) is 0 Å². The van der Waals surface area contributed by atoms with E-state index in [-0.39, 0.29) is 17.9 Å².